The molecule has 3 aromatic rings. The predicted octanol–water partition coefficient (Wildman–Crippen LogP) is 6.13. The quantitative estimate of drug-likeness (QED) is 0.526. The van der Waals surface area contributed by atoms with E-state index < -0.39 is 5.97 Å². The lowest BCUT2D eigenvalue weighted by atomic mass is 9.96. The van der Waals surface area contributed by atoms with E-state index in [2.05, 4.69) is 85.0 Å². The SMILES string of the molecule is COC(=O)c1[nH]c(-c2ccc(C)c(C)c2)c(-c2ccc(C)c(C)c2)c1Br. The summed E-state index contributed by atoms with van der Waals surface area (Å²) >= 11 is 3.62. The van der Waals surface area contributed by atoms with Crippen LogP contribution in [0.25, 0.3) is 22.4 Å². The summed E-state index contributed by atoms with van der Waals surface area (Å²) in [7, 11) is 1.39. The van der Waals surface area contributed by atoms with Gasteiger partial charge in [0.25, 0.3) is 0 Å². The summed E-state index contributed by atoms with van der Waals surface area (Å²) in [5.74, 6) is -0.392. The van der Waals surface area contributed by atoms with Crippen LogP contribution in [0.5, 0.6) is 0 Å². The first-order valence-electron chi connectivity index (χ1n) is 8.48. The third-order valence-corrected chi connectivity index (χ3v) is 5.71. The van der Waals surface area contributed by atoms with E-state index in [1.807, 2.05) is 0 Å². The first kappa shape index (κ1) is 18.5. The summed E-state index contributed by atoms with van der Waals surface area (Å²) in [5.41, 5.74) is 9.29. The molecule has 26 heavy (non-hydrogen) atoms. The zero-order chi connectivity index (χ0) is 19.0. The van der Waals surface area contributed by atoms with Gasteiger partial charge in [-0.15, -0.1) is 0 Å². The van der Waals surface area contributed by atoms with Crippen molar-refractivity contribution in [2.45, 2.75) is 27.7 Å². The number of methoxy groups -OCH3 is 1. The Labute approximate surface area is 162 Å². The number of carbonyl (C=O) groups is 1. The number of aromatic amines is 1. The molecule has 0 unspecified atom stereocenters. The van der Waals surface area contributed by atoms with Crippen molar-refractivity contribution < 1.29 is 9.53 Å². The number of esters is 1. The number of H-pyrrole nitrogens is 1. The molecule has 0 saturated carbocycles. The third kappa shape index (κ3) is 3.21. The highest BCUT2D eigenvalue weighted by Crippen LogP contribution is 2.41. The number of aryl methyl sites for hydroxylation is 4. The van der Waals surface area contributed by atoms with E-state index >= 15 is 0 Å². The minimum absolute atomic E-state index is 0.392. The number of hydrogen-bond acceptors (Lipinski definition) is 2. The molecule has 0 aliphatic heterocycles. The second-order valence-electron chi connectivity index (χ2n) is 6.65. The summed E-state index contributed by atoms with van der Waals surface area (Å²) in [4.78, 5) is 15.5. The lowest BCUT2D eigenvalue weighted by Crippen LogP contribution is -2.02. The molecule has 3 rings (SSSR count). The molecule has 0 aliphatic carbocycles. The largest absolute Gasteiger partial charge is 0.464 e. The van der Waals surface area contributed by atoms with E-state index in [1.54, 1.807) is 0 Å². The van der Waals surface area contributed by atoms with Crippen LogP contribution in [-0.4, -0.2) is 18.1 Å². The first-order chi connectivity index (χ1) is 12.3. The van der Waals surface area contributed by atoms with Crippen LogP contribution in [0.3, 0.4) is 0 Å². The van der Waals surface area contributed by atoms with Crippen LogP contribution in [0.4, 0.5) is 0 Å². The van der Waals surface area contributed by atoms with Gasteiger partial charge in [0.1, 0.15) is 5.69 Å². The molecule has 1 aromatic heterocycles. The maximum atomic E-state index is 12.2. The molecule has 0 bridgehead atoms. The molecule has 0 radical (unpaired) electrons. The summed E-state index contributed by atoms with van der Waals surface area (Å²) in [6.07, 6.45) is 0. The van der Waals surface area contributed by atoms with Crippen LogP contribution in [0.15, 0.2) is 40.9 Å². The van der Waals surface area contributed by atoms with E-state index in [1.165, 1.54) is 29.4 Å². The minimum atomic E-state index is -0.392. The molecule has 4 heteroatoms. The standard InChI is InChI=1S/C22H22BrNO2/c1-12-6-8-16(10-14(12)3)18-19(23)21(22(25)26-5)24-20(18)17-9-7-13(2)15(4)11-17/h6-11,24H,1-5H3. The summed E-state index contributed by atoms with van der Waals surface area (Å²) in [5, 5.41) is 0. The fourth-order valence-corrected chi connectivity index (χ4v) is 3.69. The topological polar surface area (TPSA) is 42.1 Å². The fraction of sp³-hybridized carbons (Fsp3) is 0.227. The molecule has 3 nitrogen and oxygen atoms in total. The lowest BCUT2D eigenvalue weighted by Gasteiger charge is -2.10. The van der Waals surface area contributed by atoms with Crippen molar-refractivity contribution in [1.82, 2.24) is 4.98 Å². The van der Waals surface area contributed by atoms with Crippen LogP contribution in [0, 0.1) is 27.7 Å². The van der Waals surface area contributed by atoms with Gasteiger partial charge in [-0.05, 0) is 83.1 Å². The van der Waals surface area contributed by atoms with Gasteiger partial charge in [0, 0.05) is 5.56 Å². The Hall–Kier alpha value is -2.33. The molecule has 0 spiro atoms. The van der Waals surface area contributed by atoms with E-state index in [4.69, 9.17) is 4.74 Å². The number of aromatic nitrogens is 1. The van der Waals surface area contributed by atoms with Crippen molar-refractivity contribution in [3.63, 3.8) is 0 Å². The smallest absolute Gasteiger partial charge is 0.355 e. The molecular formula is C22H22BrNO2. The van der Waals surface area contributed by atoms with Gasteiger partial charge in [0.15, 0.2) is 0 Å². The van der Waals surface area contributed by atoms with Crippen LogP contribution in [-0.2, 0) is 4.74 Å². The number of carbonyl (C=O) groups excluding carboxylic acids is 1. The molecule has 0 saturated heterocycles. The highest BCUT2D eigenvalue weighted by molar-refractivity contribution is 9.10. The van der Waals surface area contributed by atoms with Gasteiger partial charge in [-0.25, -0.2) is 4.79 Å². The van der Waals surface area contributed by atoms with Gasteiger partial charge >= 0.3 is 5.97 Å². The maximum absolute atomic E-state index is 12.2. The number of ether oxygens (including phenoxy) is 1. The predicted molar refractivity (Wildman–Crippen MR) is 110 cm³/mol. The Bertz CT molecular complexity index is 1000. The maximum Gasteiger partial charge on any atom is 0.355 e. The number of rotatable bonds is 3. The van der Waals surface area contributed by atoms with Crippen LogP contribution >= 0.6 is 15.9 Å². The molecule has 1 N–H and O–H groups in total. The zero-order valence-electron chi connectivity index (χ0n) is 15.7. The second kappa shape index (κ2) is 7.12. The van der Waals surface area contributed by atoms with Crippen LogP contribution < -0.4 is 0 Å². The van der Waals surface area contributed by atoms with Crippen molar-refractivity contribution in [3.8, 4) is 22.4 Å². The Kier molecular flexibility index (Phi) is 5.05. The number of nitrogens with one attached hydrogen (secondary N) is 1. The molecule has 0 atom stereocenters. The average Bonchev–Trinajstić information content (AvgIpc) is 2.96. The van der Waals surface area contributed by atoms with Gasteiger partial charge in [-0.1, -0.05) is 30.3 Å². The van der Waals surface area contributed by atoms with E-state index in [-0.39, 0.29) is 0 Å². The number of benzene rings is 2. The van der Waals surface area contributed by atoms with Gasteiger partial charge in [0.05, 0.1) is 17.3 Å². The molecular weight excluding hydrogens is 390 g/mol. The summed E-state index contributed by atoms with van der Waals surface area (Å²) in [6.45, 7) is 8.37. The van der Waals surface area contributed by atoms with Crippen molar-refractivity contribution in [2.24, 2.45) is 0 Å². The Morgan fingerprint density at radius 3 is 1.96 bits per heavy atom. The molecule has 2 aromatic carbocycles. The first-order valence-corrected chi connectivity index (χ1v) is 9.27. The molecule has 0 aliphatic rings. The zero-order valence-corrected chi connectivity index (χ0v) is 17.2. The van der Waals surface area contributed by atoms with Crippen molar-refractivity contribution in [3.05, 3.63) is 68.8 Å². The van der Waals surface area contributed by atoms with Crippen molar-refractivity contribution >= 4 is 21.9 Å². The third-order valence-electron chi connectivity index (χ3n) is 4.92. The van der Waals surface area contributed by atoms with Crippen LogP contribution in [0.2, 0.25) is 0 Å². The minimum Gasteiger partial charge on any atom is -0.464 e. The van der Waals surface area contributed by atoms with Gasteiger partial charge in [-0.2, -0.15) is 0 Å². The lowest BCUT2D eigenvalue weighted by molar-refractivity contribution is 0.0594. The normalized spacial score (nSPS) is 10.8. The Morgan fingerprint density at radius 2 is 1.42 bits per heavy atom. The van der Waals surface area contributed by atoms with Gasteiger partial charge in [0.2, 0.25) is 0 Å². The fourth-order valence-electron chi connectivity index (χ4n) is 3.00. The molecule has 0 amide bonds. The molecule has 134 valence electrons. The average molecular weight is 412 g/mol. The van der Waals surface area contributed by atoms with Crippen molar-refractivity contribution in [1.29, 1.82) is 0 Å². The number of halogens is 1. The Morgan fingerprint density at radius 1 is 0.885 bits per heavy atom. The monoisotopic (exact) mass is 411 g/mol. The molecule has 0 fully saturated rings. The summed E-state index contributed by atoms with van der Waals surface area (Å²) in [6, 6.07) is 12.6. The number of hydrogen-bond donors (Lipinski definition) is 1. The van der Waals surface area contributed by atoms with E-state index in [0.29, 0.717) is 5.69 Å². The van der Waals surface area contributed by atoms with Crippen molar-refractivity contribution in [2.75, 3.05) is 7.11 Å². The second-order valence-corrected chi connectivity index (χ2v) is 7.45. The molecule has 1 heterocycles. The van der Waals surface area contributed by atoms with Gasteiger partial charge in [-0.3, -0.25) is 0 Å². The summed E-state index contributed by atoms with van der Waals surface area (Å²) < 4.78 is 5.67. The van der Waals surface area contributed by atoms with E-state index in [9.17, 15) is 4.79 Å². The highest BCUT2D eigenvalue weighted by atomic mass is 79.9. The Balaban J connectivity index is 2.30. The highest BCUT2D eigenvalue weighted by Gasteiger charge is 2.23. The van der Waals surface area contributed by atoms with E-state index in [0.717, 1.165) is 26.9 Å². The van der Waals surface area contributed by atoms with Gasteiger partial charge < -0.3 is 9.72 Å². The van der Waals surface area contributed by atoms with Crippen LogP contribution in [0.1, 0.15) is 32.7 Å².